The van der Waals surface area contributed by atoms with Crippen LogP contribution in [0.2, 0.25) is 0 Å². The molecule has 0 aliphatic carbocycles. The van der Waals surface area contributed by atoms with E-state index in [1.54, 1.807) is 12.1 Å². The number of halogens is 3. The number of imide groups is 1. The Balaban J connectivity index is 1.64. The molecule has 1 unspecified atom stereocenters. The van der Waals surface area contributed by atoms with Crippen LogP contribution in [0.1, 0.15) is 23.1 Å². The number of ether oxygens (including phenoxy) is 1. The Kier molecular flexibility index (Phi) is 6.61. The van der Waals surface area contributed by atoms with Gasteiger partial charge in [-0.2, -0.15) is 13.2 Å². The maximum atomic E-state index is 13.3. The summed E-state index contributed by atoms with van der Waals surface area (Å²) >= 11 is 0. The lowest BCUT2D eigenvalue weighted by molar-refractivity contribution is -0.150. The zero-order valence-corrected chi connectivity index (χ0v) is 19.1. The lowest BCUT2D eigenvalue weighted by Crippen LogP contribution is -2.58. The van der Waals surface area contributed by atoms with E-state index in [2.05, 4.69) is 0 Å². The van der Waals surface area contributed by atoms with Gasteiger partial charge in [0.2, 0.25) is 5.91 Å². The van der Waals surface area contributed by atoms with Gasteiger partial charge in [0.15, 0.2) is 5.92 Å². The van der Waals surface area contributed by atoms with Gasteiger partial charge in [0.25, 0.3) is 0 Å². The van der Waals surface area contributed by atoms with Crippen molar-refractivity contribution in [3.05, 3.63) is 59.2 Å². The van der Waals surface area contributed by atoms with Crippen molar-refractivity contribution in [1.29, 1.82) is 0 Å². The Bertz CT molecular complexity index is 1210. The van der Waals surface area contributed by atoms with E-state index in [4.69, 9.17) is 4.74 Å². The summed E-state index contributed by atoms with van der Waals surface area (Å²) in [7, 11) is 0. The number of carboxylic acids is 1. The fourth-order valence-corrected chi connectivity index (χ4v) is 4.24. The number of benzene rings is 2. The molecule has 2 fully saturated rings. The summed E-state index contributed by atoms with van der Waals surface area (Å²) in [4.78, 5) is 53.1. The summed E-state index contributed by atoms with van der Waals surface area (Å²) in [6, 6.07) is 8.66. The Morgan fingerprint density at radius 2 is 1.69 bits per heavy atom. The van der Waals surface area contributed by atoms with Gasteiger partial charge in [0.05, 0.1) is 18.7 Å². The molecular weight excluding hydrogens is 483 g/mol. The molecule has 190 valence electrons. The van der Waals surface area contributed by atoms with Gasteiger partial charge >= 0.3 is 24.3 Å². The quantitative estimate of drug-likeness (QED) is 0.615. The number of urea groups is 1. The SMILES string of the molecule is Cc1c(CN2C(=O)C(C(=O)O)CN(c3ccc(N4CCCOC4=O)cc3)C2=O)cccc1C(F)(F)F. The average molecular weight is 505 g/mol. The summed E-state index contributed by atoms with van der Waals surface area (Å²) in [5.74, 6) is -4.07. The number of rotatable bonds is 5. The molecule has 0 saturated carbocycles. The van der Waals surface area contributed by atoms with Gasteiger partial charge < -0.3 is 9.84 Å². The smallest absolute Gasteiger partial charge is 0.416 e. The first-order valence-corrected chi connectivity index (χ1v) is 11.0. The van der Waals surface area contributed by atoms with E-state index in [1.165, 1.54) is 36.1 Å². The molecule has 0 spiro atoms. The van der Waals surface area contributed by atoms with Crippen molar-refractivity contribution < 1.29 is 42.2 Å². The third-order valence-electron chi connectivity index (χ3n) is 6.21. The minimum absolute atomic E-state index is 0.0662. The van der Waals surface area contributed by atoms with E-state index in [0.717, 1.165) is 11.0 Å². The number of carbonyl (C=O) groups is 4. The van der Waals surface area contributed by atoms with Gasteiger partial charge in [0.1, 0.15) is 0 Å². The maximum absolute atomic E-state index is 13.3. The van der Waals surface area contributed by atoms with Crippen LogP contribution in [0.15, 0.2) is 42.5 Å². The number of amides is 4. The summed E-state index contributed by atoms with van der Waals surface area (Å²) < 4.78 is 45.0. The number of hydrogen-bond donors (Lipinski definition) is 1. The van der Waals surface area contributed by atoms with Crippen molar-refractivity contribution in [2.45, 2.75) is 26.1 Å². The van der Waals surface area contributed by atoms with Crippen LogP contribution in [0.4, 0.5) is 34.1 Å². The molecule has 0 radical (unpaired) electrons. The highest BCUT2D eigenvalue weighted by atomic mass is 19.4. The Morgan fingerprint density at radius 3 is 2.28 bits per heavy atom. The predicted molar refractivity (Wildman–Crippen MR) is 120 cm³/mol. The van der Waals surface area contributed by atoms with Crippen LogP contribution in [0.5, 0.6) is 0 Å². The molecule has 1 N–H and O–H groups in total. The van der Waals surface area contributed by atoms with Crippen molar-refractivity contribution in [3.63, 3.8) is 0 Å². The van der Waals surface area contributed by atoms with E-state index in [-0.39, 0.29) is 16.8 Å². The van der Waals surface area contributed by atoms with Crippen LogP contribution < -0.4 is 9.80 Å². The minimum atomic E-state index is -4.63. The van der Waals surface area contributed by atoms with Gasteiger partial charge in [-0.15, -0.1) is 0 Å². The molecule has 0 bridgehead atoms. The third-order valence-corrected chi connectivity index (χ3v) is 6.21. The minimum Gasteiger partial charge on any atom is -0.481 e. The standard InChI is InChI=1S/C24H22F3N3O6/c1-14-15(4-2-5-19(14)24(25,26)27)12-30-20(31)18(21(32)33)13-29(22(30)34)17-8-6-16(7-9-17)28-10-3-11-36-23(28)35/h2,4-9,18H,3,10-13H2,1H3,(H,32,33). The van der Waals surface area contributed by atoms with Crippen molar-refractivity contribution >= 4 is 35.4 Å². The second kappa shape index (κ2) is 9.51. The van der Waals surface area contributed by atoms with Gasteiger partial charge in [-0.1, -0.05) is 12.1 Å². The van der Waals surface area contributed by atoms with E-state index in [1.807, 2.05) is 0 Å². The van der Waals surface area contributed by atoms with Crippen molar-refractivity contribution in [3.8, 4) is 0 Å². The van der Waals surface area contributed by atoms with E-state index in [0.29, 0.717) is 30.2 Å². The second-order valence-corrected chi connectivity index (χ2v) is 8.43. The number of carboxylic acid groups (broad SMARTS) is 1. The van der Waals surface area contributed by atoms with Gasteiger partial charge in [-0.25, -0.2) is 9.59 Å². The summed E-state index contributed by atoms with van der Waals surface area (Å²) in [6.07, 6.45) is -4.50. The van der Waals surface area contributed by atoms with Crippen LogP contribution in [0, 0.1) is 12.8 Å². The fraction of sp³-hybridized carbons (Fsp3) is 0.333. The van der Waals surface area contributed by atoms with Crippen LogP contribution in [-0.2, 0) is 27.0 Å². The molecule has 12 heteroatoms. The van der Waals surface area contributed by atoms with Gasteiger partial charge in [-0.3, -0.25) is 24.3 Å². The molecule has 2 saturated heterocycles. The fourth-order valence-electron chi connectivity index (χ4n) is 4.24. The molecule has 2 aromatic carbocycles. The summed E-state index contributed by atoms with van der Waals surface area (Å²) in [5.41, 5.74) is -0.229. The van der Waals surface area contributed by atoms with Gasteiger partial charge in [0, 0.05) is 24.5 Å². The molecule has 2 aliphatic rings. The number of carbonyl (C=O) groups excluding carboxylic acids is 3. The number of anilines is 2. The van der Waals surface area contributed by atoms with E-state index >= 15 is 0 Å². The van der Waals surface area contributed by atoms with E-state index in [9.17, 15) is 37.5 Å². The lowest BCUT2D eigenvalue weighted by atomic mass is 9.99. The lowest BCUT2D eigenvalue weighted by Gasteiger charge is -2.37. The molecule has 9 nitrogen and oxygen atoms in total. The van der Waals surface area contributed by atoms with E-state index < -0.39 is 54.7 Å². The number of alkyl halides is 3. The predicted octanol–water partition coefficient (Wildman–Crippen LogP) is 4.03. The molecular formula is C24H22F3N3O6. The number of nitrogens with zero attached hydrogens (tertiary/aromatic N) is 3. The first kappa shape index (κ1) is 25.0. The van der Waals surface area contributed by atoms with Crippen molar-refractivity contribution in [2.24, 2.45) is 5.92 Å². The van der Waals surface area contributed by atoms with Crippen LogP contribution in [0.25, 0.3) is 0 Å². The zero-order chi connectivity index (χ0) is 26.2. The summed E-state index contributed by atoms with van der Waals surface area (Å²) in [6.45, 7) is 1.03. The number of hydrogen-bond acceptors (Lipinski definition) is 5. The highest BCUT2D eigenvalue weighted by Gasteiger charge is 2.44. The maximum Gasteiger partial charge on any atom is 0.416 e. The van der Waals surface area contributed by atoms with Crippen molar-refractivity contribution in [2.75, 3.05) is 29.5 Å². The first-order chi connectivity index (χ1) is 17.0. The molecule has 2 aromatic rings. The molecule has 2 aliphatic heterocycles. The molecule has 0 aromatic heterocycles. The van der Waals surface area contributed by atoms with Crippen LogP contribution >= 0.6 is 0 Å². The number of aliphatic carboxylic acids is 1. The average Bonchev–Trinajstić information content (AvgIpc) is 2.82. The van der Waals surface area contributed by atoms with Crippen LogP contribution in [-0.4, -0.2) is 53.7 Å². The Hall–Kier alpha value is -4.09. The summed E-state index contributed by atoms with van der Waals surface area (Å²) in [5, 5.41) is 9.60. The first-order valence-electron chi connectivity index (χ1n) is 11.0. The highest BCUT2D eigenvalue weighted by molar-refractivity contribution is 6.12. The molecule has 36 heavy (non-hydrogen) atoms. The topological polar surface area (TPSA) is 107 Å². The highest BCUT2D eigenvalue weighted by Crippen LogP contribution is 2.34. The number of cyclic esters (lactones) is 1. The molecule has 1 atom stereocenters. The Morgan fingerprint density at radius 1 is 1.06 bits per heavy atom. The normalized spacial score (nSPS) is 18.9. The molecule has 2 heterocycles. The molecule has 4 rings (SSSR count). The zero-order valence-electron chi connectivity index (χ0n) is 19.1. The Labute approximate surface area is 203 Å². The molecule has 4 amide bonds. The third kappa shape index (κ3) is 4.70. The van der Waals surface area contributed by atoms with Crippen LogP contribution in [0.3, 0.4) is 0 Å². The van der Waals surface area contributed by atoms with Crippen molar-refractivity contribution in [1.82, 2.24) is 4.90 Å². The van der Waals surface area contributed by atoms with Gasteiger partial charge in [-0.05, 0) is 54.8 Å². The second-order valence-electron chi connectivity index (χ2n) is 8.43. The monoisotopic (exact) mass is 505 g/mol. The largest absolute Gasteiger partial charge is 0.481 e.